The second-order valence-electron chi connectivity index (χ2n) is 12.2. The molecule has 4 aliphatic rings. The summed E-state index contributed by atoms with van der Waals surface area (Å²) in [5.74, 6) is 3.26. The zero-order valence-electron chi connectivity index (χ0n) is 19.7. The summed E-state index contributed by atoms with van der Waals surface area (Å²) in [5.41, 5.74) is 2.91. The molecule has 0 saturated heterocycles. The number of fused-ring (bicyclic) bond motifs is 4. The molecule has 0 amide bonds. The maximum atomic E-state index is 11.5. The van der Waals surface area contributed by atoms with Gasteiger partial charge in [0.15, 0.2) is 0 Å². The molecule has 0 radical (unpaired) electrons. The molecule has 0 aromatic carbocycles. The second-order valence-corrected chi connectivity index (χ2v) is 12.2. The van der Waals surface area contributed by atoms with Crippen molar-refractivity contribution in [2.75, 3.05) is 0 Å². The van der Waals surface area contributed by atoms with Gasteiger partial charge in [-0.2, -0.15) is 0 Å². The fourth-order valence-corrected chi connectivity index (χ4v) is 8.61. The Morgan fingerprint density at radius 1 is 0.966 bits per heavy atom. The largest absolute Gasteiger partial charge is 0.389 e. The molecule has 0 aromatic rings. The molecule has 2 N–H and O–H groups in total. The lowest BCUT2D eigenvalue weighted by Gasteiger charge is -2.57. The number of aliphatic hydroxyl groups is 2. The van der Waals surface area contributed by atoms with Crippen LogP contribution in [0.15, 0.2) is 11.1 Å². The van der Waals surface area contributed by atoms with Crippen LogP contribution in [0.3, 0.4) is 0 Å². The van der Waals surface area contributed by atoms with Gasteiger partial charge in [-0.1, -0.05) is 66.7 Å². The van der Waals surface area contributed by atoms with E-state index in [0.717, 1.165) is 24.7 Å². The van der Waals surface area contributed by atoms with Gasteiger partial charge < -0.3 is 10.2 Å². The van der Waals surface area contributed by atoms with Crippen LogP contribution in [0.2, 0.25) is 0 Å². The third-order valence-corrected chi connectivity index (χ3v) is 10.1. The van der Waals surface area contributed by atoms with Gasteiger partial charge in [0.25, 0.3) is 0 Å². The first-order valence-electron chi connectivity index (χ1n) is 12.8. The number of aliphatic hydroxyl groups excluding tert-OH is 2. The molecule has 2 saturated carbocycles. The van der Waals surface area contributed by atoms with Crippen molar-refractivity contribution in [3.63, 3.8) is 0 Å². The van der Waals surface area contributed by atoms with E-state index in [0.29, 0.717) is 17.8 Å². The van der Waals surface area contributed by atoms with E-state index < -0.39 is 0 Å². The SMILES string of the molecule is CC(C)CCCC(C)C1CCC2C3=C(C(O)CC21C)C1(C)CCCCC1CC3O. The summed E-state index contributed by atoms with van der Waals surface area (Å²) >= 11 is 0. The van der Waals surface area contributed by atoms with Crippen molar-refractivity contribution in [1.82, 2.24) is 0 Å². The van der Waals surface area contributed by atoms with Gasteiger partial charge in [-0.25, -0.2) is 0 Å². The molecular formula is C27H46O2. The first-order valence-corrected chi connectivity index (χ1v) is 12.8. The molecule has 0 spiro atoms. The van der Waals surface area contributed by atoms with Crippen molar-refractivity contribution in [3.05, 3.63) is 11.1 Å². The molecule has 0 aromatic heterocycles. The highest BCUT2D eigenvalue weighted by atomic mass is 16.3. The highest BCUT2D eigenvalue weighted by Gasteiger charge is 2.59. The Hall–Kier alpha value is -0.340. The third kappa shape index (κ3) is 3.55. The molecular weight excluding hydrogens is 356 g/mol. The summed E-state index contributed by atoms with van der Waals surface area (Å²) in [7, 11) is 0. The fraction of sp³-hybridized carbons (Fsp3) is 0.926. The topological polar surface area (TPSA) is 40.5 Å². The third-order valence-electron chi connectivity index (χ3n) is 10.1. The second kappa shape index (κ2) is 7.97. The van der Waals surface area contributed by atoms with E-state index in [-0.39, 0.29) is 23.0 Å². The van der Waals surface area contributed by atoms with Crippen LogP contribution in [0.5, 0.6) is 0 Å². The van der Waals surface area contributed by atoms with E-state index in [1.165, 1.54) is 68.9 Å². The minimum Gasteiger partial charge on any atom is -0.389 e. The standard InChI is InChI=1S/C27H46O2/c1-17(2)9-8-10-18(3)20-12-13-21-24-22(28)15-19-11-6-7-14-26(19,4)25(24)23(29)16-27(20,21)5/h17-23,28-29H,6-16H2,1-5H3. The van der Waals surface area contributed by atoms with Crippen LogP contribution in [0.1, 0.15) is 105 Å². The van der Waals surface area contributed by atoms with E-state index in [4.69, 9.17) is 0 Å². The molecule has 166 valence electrons. The molecule has 0 bridgehead atoms. The minimum absolute atomic E-state index is 0.133. The molecule has 2 fully saturated rings. The van der Waals surface area contributed by atoms with Gasteiger partial charge in [0.05, 0.1) is 12.2 Å². The van der Waals surface area contributed by atoms with Crippen LogP contribution in [0, 0.1) is 40.4 Å². The van der Waals surface area contributed by atoms with Crippen LogP contribution in [0.4, 0.5) is 0 Å². The van der Waals surface area contributed by atoms with Crippen LogP contribution in [-0.4, -0.2) is 22.4 Å². The van der Waals surface area contributed by atoms with Gasteiger partial charge in [-0.3, -0.25) is 0 Å². The van der Waals surface area contributed by atoms with Crippen LogP contribution < -0.4 is 0 Å². The molecule has 4 rings (SSSR count). The van der Waals surface area contributed by atoms with E-state index in [1.807, 2.05) is 0 Å². The highest BCUT2D eigenvalue weighted by molar-refractivity contribution is 5.39. The molecule has 2 heteroatoms. The van der Waals surface area contributed by atoms with Crippen LogP contribution in [0.25, 0.3) is 0 Å². The van der Waals surface area contributed by atoms with Crippen LogP contribution in [-0.2, 0) is 0 Å². The highest BCUT2D eigenvalue weighted by Crippen LogP contribution is 2.66. The maximum absolute atomic E-state index is 11.5. The monoisotopic (exact) mass is 402 g/mol. The Morgan fingerprint density at radius 3 is 2.45 bits per heavy atom. The predicted molar refractivity (Wildman–Crippen MR) is 121 cm³/mol. The van der Waals surface area contributed by atoms with Crippen molar-refractivity contribution >= 4 is 0 Å². The van der Waals surface area contributed by atoms with E-state index >= 15 is 0 Å². The molecule has 0 heterocycles. The molecule has 29 heavy (non-hydrogen) atoms. The van der Waals surface area contributed by atoms with Crippen molar-refractivity contribution < 1.29 is 10.2 Å². The molecule has 8 atom stereocenters. The summed E-state index contributed by atoms with van der Waals surface area (Å²) in [6, 6.07) is 0. The Labute approximate surface area is 179 Å². The molecule has 2 nitrogen and oxygen atoms in total. The van der Waals surface area contributed by atoms with Crippen LogP contribution >= 0.6 is 0 Å². The fourth-order valence-electron chi connectivity index (χ4n) is 8.61. The first kappa shape index (κ1) is 21.9. The van der Waals surface area contributed by atoms with Gasteiger partial charge in [-0.05, 0) is 90.1 Å². The smallest absolute Gasteiger partial charge is 0.0764 e. The summed E-state index contributed by atoms with van der Waals surface area (Å²) < 4.78 is 0. The Morgan fingerprint density at radius 2 is 1.72 bits per heavy atom. The average molecular weight is 403 g/mol. The minimum atomic E-state index is -0.338. The van der Waals surface area contributed by atoms with Crippen molar-refractivity contribution in [2.45, 2.75) is 117 Å². The van der Waals surface area contributed by atoms with E-state index in [2.05, 4.69) is 34.6 Å². The lowest BCUT2D eigenvalue weighted by Crippen LogP contribution is -2.52. The van der Waals surface area contributed by atoms with Gasteiger partial charge in [0.1, 0.15) is 0 Å². The average Bonchev–Trinajstić information content (AvgIpc) is 2.98. The summed E-state index contributed by atoms with van der Waals surface area (Å²) in [5, 5.41) is 22.8. The summed E-state index contributed by atoms with van der Waals surface area (Å²) in [6.45, 7) is 12.0. The zero-order chi connectivity index (χ0) is 21.0. The maximum Gasteiger partial charge on any atom is 0.0764 e. The first-order chi connectivity index (χ1) is 13.7. The van der Waals surface area contributed by atoms with E-state index in [1.54, 1.807) is 0 Å². The zero-order valence-corrected chi connectivity index (χ0v) is 19.7. The normalized spacial score (nSPS) is 45.7. The quantitative estimate of drug-likeness (QED) is 0.515. The number of hydrogen-bond donors (Lipinski definition) is 2. The Kier molecular flexibility index (Phi) is 6.01. The Balaban J connectivity index is 1.62. The number of hydrogen-bond acceptors (Lipinski definition) is 2. The molecule has 8 unspecified atom stereocenters. The van der Waals surface area contributed by atoms with Crippen molar-refractivity contribution in [1.29, 1.82) is 0 Å². The lowest BCUT2D eigenvalue weighted by molar-refractivity contribution is -0.0227. The molecule has 0 aliphatic heterocycles. The summed E-state index contributed by atoms with van der Waals surface area (Å²) in [4.78, 5) is 0. The van der Waals surface area contributed by atoms with E-state index in [9.17, 15) is 10.2 Å². The predicted octanol–water partition coefficient (Wildman–Crippen LogP) is 6.50. The van der Waals surface area contributed by atoms with Gasteiger partial charge in [0.2, 0.25) is 0 Å². The van der Waals surface area contributed by atoms with Crippen molar-refractivity contribution in [3.8, 4) is 0 Å². The summed E-state index contributed by atoms with van der Waals surface area (Å²) in [6.07, 6.45) is 12.7. The lowest BCUT2D eigenvalue weighted by atomic mass is 9.49. The van der Waals surface area contributed by atoms with Gasteiger partial charge in [0, 0.05) is 0 Å². The van der Waals surface area contributed by atoms with Gasteiger partial charge >= 0.3 is 0 Å². The van der Waals surface area contributed by atoms with Gasteiger partial charge in [-0.15, -0.1) is 0 Å². The van der Waals surface area contributed by atoms with Crippen molar-refractivity contribution in [2.24, 2.45) is 40.4 Å². The molecule has 4 aliphatic carbocycles. The number of rotatable bonds is 5. The Bertz CT molecular complexity index is 636.